The molecule has 0 aliphatic carbocycles. The normalized spacial score (nSPS) is 25.2. The van der Waals surface area contributed by atoms with Crippen LogP contribution in [0.3, 0.4) is 0 Å². The first-order valence-electron chi connectivity index (χ1n) is 5.91. The van der Waals surface area contributed by atoms with E-state index >= 15 is 0 Å². The van der Waals surface area contributed by atoms with Gasteiger partial charge in [-0.1, -0.05) is 18.2 Å². The summed E-state index contributed by atoms with van der Waals surface area (Å²) in [6.07, 6.45) is 0.273. The Hall–Kier alpha value is -2.04. The number of hydrogen-bond donors (Lipinski definition) is 1. The van der Waals surface area contributed by atoms with E-state index in [0.717, 1.165) is 11.3 Å². The molecule has 1 aromatic rings. The van der Waals surface area contributed by atoms with Crippen LogP contribution in [0.5, 0.6) is 0 Å². The standard InChI is InChI=1S/C13H14N2O3/c1-18-12(17)15-7-6-13(8-15)9-4-2-3-5-10(9)14-11(13)16/h2-5H,6-8H2,1H3,(H,14,16)/t13-/m0/s1. The predicted octanol–water partition coefficient (Wildman–Crippen LogP) is 1.35. The van der Waals surface area contributed by atoms with Gasteiger partial charge in [0.1, 0.15) is 0 Å². The van der Waals surface area contributed by atoms with Gasteiger partial charge in [-0.25, -0.2) is 4.79 Å². The molecule has 94 valence electrons. The molecule has 18 heavy (non-hydrogen) atoms. The molecule has 1 aromatic carbocycles. The van der Waals surface area contributed by atoms with Crippen LogP contribution >= 0.6 is 0 Å². The lowest BCUT2D eigenvalue weighted by atomic mass is 9.81. The van der Waals surface area contributed by atoms with E-state index in [1.165, 1.54) is 7.11 Å². The highest BCUT2D eigenvalue weighted by molar-refractivity contribution is 6.07. The number of amides is 2. The number of carbonyl (C=O) groups excluding carboxylic acids is 2. The minimum Gasteiger partial charge on any atom is -0.453 e. The molecule has 1 fully saturated rings. The van der Waals surface area contributed by atoms with Gasteiger partial charge in [0.05, 0.1) is 12.5 Å². The molecule has 0 radical (unpaired) electrons. The maximum absolute atomic E-state index is 12.2. The molecule has 0 saturated carbocycles. The Bertz CT molecular complexity index is 529. The van der Waals surface area contributed by atoms with Crippen LogP contribution < -0.4 is 5.32 Å². The highest BCUT2D eigenvalue weighted by atomic mass is 16.5. The first-order chi connectivity index (χ1) is 8.67. The van der Waals surface area contributed by atoms with Crippen molar-refractivity contribution >= 4 is 17.7 Å². The predicted molar refractivity (Wildman–Crippen MR) is 65.3 cm³/mol. The lowest BCUT2D eigenvalue weighted by Gasteiger charge is -2.21. The third-order valence-electron chi connectivity index (χ3n) is 3.83. The minimum atomic E-state index is -0.592. The first-order valence-corrected chi connectivity index (χ1v) is 5.91. The Labute approximate surface area is 105 Å². The van der Waals surface area contributed by atoms with E-state index in [2.05, 4.69) is 5.32 Å². The minimum absolute atomic E-state index is 0.0184. The summed E-state index contributed by atoms with van der Waals surface area (Å²) in [6, 6.07) is 7.66. The number of ether oxygens (including phenoxy) is 1. The zero-order valence-electron chi connectivity index (χ0n) is 10.1. The average Bonchev–Trinajstić information content (AvgIpc) is 2.94. The summed E-state index contributed by atoms with van der Waals surface area (Å²) in [5, 5.41) is 2.89. The van der Waals surface area contributed by atoms with Gasteiger partial charge in [0, 0.05) is 18.8 Å². The van der Waals surface area contributed by atoms with Crippen molar-refractivity contribution in [3.05, 3.63) is 29.8 Å². The molecule has 2 aliphatic heterocycles. The number of likely N-dealkylation sites (tertiary alicyclic amines) is 1. The molecule has 3 rings (SSSR count). The Morgan fingerprint density at radius 2 is 2.22 bits per heavy atom. The molecule has 1 atom stereocenters. The molecule has 0 bridgehead atoms. The maximum atomic E-state index is 12.2. The maximum Gasteiger partial charge on any atom is 0.409 e. The van der Waals surface area contributed by atoms with Crippen molar-refractivity contribution in [1.29, 1.82) is 0 Å². The molecule has 1 N–H and O–H groups in total. The van der Waals surface area contributed by atoms with E-state index in [1.807, 2.05) is 24.3 Å². The van der Waals surface area contributed by atoms with E-state index in [9.17, 15) is 9.59 Å². The number of carbonyl (C=O) groups is 2. The topological polar surface area (TPSA) is 58.6 Å². The van der Waals surface area contributed by atoms with Crippen molar-refractivity contribution in [2.45, 2.75) is 11.8 Å². The summed E-state index contributed by atoms with van der Waals surface area (Å²) in [5.74, 6) is -0.0184. The van der Waals surface area contributed by atoms with Crippen LogP contribution in [0.25, 0.3) is 0 Å². The Morgan fingerprint density at radius 1 is 1.44 bits per heavy atom. The fourth-order valence-corrected chi connectivity index (χ4v) is 2.87. The molecule has 2 aliphatic rings. The number of nitrogens with one attached hydrogen (secondary N) is 1. The molecular weight excluding hydrogens is 232 g/mol. The molecule has 2 amide bonds. The lowest BCUT2D eigenvalue weighted by molar-refractivity contribution is -0.120. The van der Waals surface area contributed by atoms with Gasteiger partial charge in [0.25, 0.3) is 0 Å². The molecule has 0 unspecified atom stereocenters. The average molecular weight is 246 g/mol. The van der Waals surface area contributed by atoms with Crippen molar-refractivity contribution in [3.63, 3.8) is 0 Å². The Kier molecular flexibility index (Phi) is 2.29. The fourth-order valence-electron chi connectivity index (χ4n) is 2.87. The van der Waals surface area contributed by atoms with Crippen LogP contribution in [0.4, 0.5) is 10.5 Å². The molecular formula is C13H14N2O3. The first kappa shape index (κ1) is 11.1. The number of benzene rings is 1. The highest BCUT2D eigenvalue weighted by Crippen LogP contribution is 2.43. The second kappa shape index (κ2) is 3.73. The van der Waals surface area contributed by atoms with Crippen molar-refractivity contribution in [1.82, 2.24) is 4.90 Å². The third kappa shape index (κ3) is 1.33. The molecule has 5 nitrogen and oxygen atoms in total. The number of methoxy groups -OCH3 is 1. The molecule has 0 aromatic heterocycles. The SMILES string of the molecule is COC(=O)N1CC[C@@]2(C1)C(=O)Nc1ccccc12. The van der Waals surface area contributed by atoms with Gasteiger partial charge in [-0.05, 0) is 18.1 Å². The number of nitrogens with zero attached hydrogens (tertiary/aromatic N) is 1. The fraction of sp³-hybridized carbons (Fsp3) is 0.385. The summed E-state index contributed by atoms with van der Waals surface area (Å²) in [6.45, 7) is 0.941. The van der Waals surface area contributed by atoms with Gasteiger partial charge in [-0.2, -0.15) is 0 Å². The summed E-state index contributed by atoms with van der Waals surface area (Å²) < 4.78 is 4.72. The van der Waals surface area contributed by atoms with Crippen LogP contribution in [-0.2, 0) is 14.9 Å². The quantitative estimate of drug-likeness (QED) is 0.751. The second-order valence-electron chi connectivity index (χ2n) is 4.72. The van der Waals surface area contributed by atoms with E-state index in [4.69, 9.17) is 4.74 Å². The van der Waals surface area contributed by atoms with Crippen LogP contribution in [0.15, 0.2) is 24.3 Å². The van der Waals surface area contributed by atoms with Crippen molar-refractivity contribution < 1.29 is 14.3 Å². The number of rotatable bonds is 0. The second-order valence-corrected chi connectivity index (χ2v) is 4.72. The summed E-state index contributed by atoms with van der Waals surface area (Å²) in [4.78, 5) is 25.4. The van der Waals surface area contributed by atoms with E-state index in [-0.39, 0.29) is 12.0 Å². The van der Waals surface area contributed by atoms with Crippen molar-refractivity contribution in [3.8, 4) is 0 Å². The van der Waals surface area contributed by atoms with Gasteiger partial charge >= 0.3 is 6.09 Å². The monoisotopic (exact) mass is 246 g/mol. The summed E-state index contributed by atoms with van der Waals surface area (Å²) >= 11 is 0. The molecule has 1 spiro atoms. The highest BCUT2D eigenvalue weighted by Gasteiger charge is 2.52. The number of para-hydroxylation sites is 1. The zero-order valence-corrected chi connectivity index (χ0v) is 10.1. The van der Waals surface area contributed by atoms with Gasteiger partial charge in [0.15, 0.2) is 0 Å². The van der Waals surface area contributed by atoms with Crippen LogP contribution in [0.2, 0.25) is 0 Å². The Morgan fingerprint density at radius 3 is 3.00 bits per heavy atom. The van der Waals surface area contributed by atoms with Gasteiger partial charge in [0.2, 0.25) is 5.91 Å². The van der Waals surface area contributed by atoms with Crippen molar-refractivity contribution in [2.24, 2.45) is 0 Å². The molecule has 1 saturated heterocycles. The molecule has 5 heteroatoms. The largest absolute Gasteiger partial charge is 0.453 e. The smallest absolute Gasteiger partial charge is 0.409 e. The number of fused-ring (bicyclic) bond motifs is 2. The zero-order chi connectivity index (χ0) is 12.8. The molecule has 2 heterocycles. The van der Waals surface area contributed by atoms with E-state index in [1.54, 1.807) is 4.90 Å². The number of anilines is 1. The van der Waals surface area contributed by atoms with E-state index in [0.29, 0.717) is 19.5 Å². The van der Waals surface area contributed by atoms with Crippen LogP contribution in [0.1, 0.15) is 12.0 Å². The van der Waals surface area contributed by atoms with Gasteiger partial charge < -0.3 is 15.0 Å². The van der Waals surface area contributed by atoms with Gasteiger partial charge in [-0.15, -0.1) is 0 Å². The third-order valence-corrected chi connectivity index (χ3v) is 3.83. The lowest BCUT2D eigenvalue weighted by Crippen LogP contribution is -2.39. The van der Waals surface area contributed by atoms with Crippen molar-refractivity contribution in [2.75, 3.05) is 25.5 Å². The summed E-state index contributed by atoms with van der Waals surface area (Å²) in [7, 11) is 1.36. The van der Waals surface area contributed by atoms with E-state index < -0.39 is 5.41 Å². The van der Waals surface area contributed by atoms with Crippen LogP contribution in [0, 0.1) is 0 Å². The Balaban J connectivity index is 1.97. The van der Waals surface area contributed by atoms with Crippen LogP contribution in [-0.4, -0.2) is 37.1 Å². The van der Waals surface area contributed by atoms with Gasteiger partial charge in [-0.3, -0.25) is 4.79 Å². The summed E-state index contributed by atoms with van der Waals surface area (Å²) in [5.41, 5.74) is 1.25. The number of hydrogen-bond acceptors (Lipinski definition) is 3.